The van der Waals surface area contributed by atoms with Crippen molar-refractivity contribution in [2.75, 3.05) is 7.05 Å². The minimum atomic E-state index is -0.809. The Kier molecular flexibility index (Phi) is 4.54. The van der Waals surface area contributed by atoms with Crippen molar-refractivity contribution in [2.45, 2.75) is 33.4 Å². The second-order valence-corrected chi connectivity index (χ2v) is 4.88. The zero-order valence-electron chi connectivity index (χ0n) is 10.6. The van der Waals surface area contributed by atoms with Gasteiger partial charge in [-0.2, -0.15) is 0 Å². The van der Waals surface area contributed by atoms with E-state index in [0.29, 0.717) is 6.54 Å². The van der Waals surface area contributed by atoms with Crippen molar-refractivity contribution >= 4 is 17.6 Å². The Balaban J connectivity index is 2.92. The second-order valence-electron chi connectivity index (χ2n) is 4.45. The molecule has 0 aromatic heterocycles. The number of benzene rings is 1. The summed E-state index contributed by atoms with van der Waals surface area (Å²) in [6, 6.07) is 3.32. The van der Waals surface area contributed by atoms with Crippen LogP contribution < -0.4 is 0 Å². The Labute approximate surface area is 107 Å². The van der Waals surface area contributed by atoms with Crippen LogP contribution in [0.1, 0.15) is 23.6 Å². The molecule has 0 saturated carbocycles. The van der Waals surface area contributed by atoms with Gasteiger partial charge in [-0.1, -0.05) is 11.6 Å². The van der Waals surface area contributed by atoms with Crippen LogP contribution in [0.5, 0.6) is 0 Å². The van der Waals surface area contributed by atoms with E-state index in [4.69, 9.17) is 16.7 Å². The number of hydrogen-bond acceptors (Lipinski definition) is 2. The Bertz CT molecular complexity index is 408. The summed E-state index contributed by atoms with van der Waals surface area (Å²) in [6.45, 7) is 6.28. The van der Waals surface area contributed by atoms with Crippen LogP contribution in [0.2, 0.25) is 5.02 Å². The molecule has 0 bridgehead atoms. The lowest BCUT2D eigenvalue weighted by Crippen LogP contribution is -2.35. The molecule has 1 aromatic carbocycles. The number of carboxylic acids is 1. The van der Waals surface area contributed by atoms with E-state index in [1.165, 1.54) is 0 Å². The predicted molar refractivity (Wildman–Crippen MR) is 69.5 cm³/mol. The molecule has 17 heavy (non-hydrogen) atoms. The molecule has 0 aliphatic carbocycles. The van der Waals surface area contributed by atoms with Crippen LogP contribution in [0, 0.1) is 13.8 Å². The fourth-order valence-corrected chi connectivity index (χ4v) is 2.09. The fourth-order valence-electron chi connectivity index (χ4n) is 1.76. The first kappa shape index (κ1) is 14.0. The molecule has 1 aromatic rings. The van der Waals surface area contributed by atoms with E-state index in [1.807, 2.05) is 37.9 Å². The lowest BCUT2D eigenvalue weighted by molar-refractivity contribution is -0.142. The van der Waals surface area contributed by atoms with E-state index in [9.17, 15) is 4.79 Å². The van der Waals surface area contributed by atoms with E-state index in [0.717, 1.165) is 21.7 Å². The second kappa shape index (κ2) is 5.52. The van der Waals surface area contributed by atoms with Gasteiger partial charge < -0.3 is 5.11 Å². The molecule has 0 spiro atoms. The van der Waals surface area contributed by atoms with Crippen molar-refractivity contribution in [1.29, 1.82) is 0 Å². The van der Waals surface area contributed by atoms with Gasteiger partial charge in [0.25, 0.3) is 0 Å². The van der Waals surface area contributed by atoms with Crippen LogP contribution in [0.4, 0.5) is 0 Å². The molecule has 0 heterocycles. The van der Waals surface area contributed by atoms with Gasteiger partial charge in [0.2, 0.25) is 0 Å². The quantitative estimate of drug-likeness (QED) is 0.899. The monoisotopic (exact) mass is 255 g/mol. The molecule has 1 unspecified atom stereocenters. The maximum atomic E-state index is 10.9. The average molecular weight is 256 g/mol. The van der Waals surface area contributed by atoms with Gasteiger partial charge >= 0.3 is 5.97 Å². The number of carboxylic acid groups (broad SMARTS) is 1. The first-order valence-corrected chi connectivity index (χ1v) is 5.89. The number of nitrogens with zero attached hydrogens (tertiary/aromatic N) is 1. The molecule has 0 aliphatic rings. The van der Waals surface area contributed by atoms with Crippen LogP contribution in [0.3, 0.4) is 0 Å². The summed E-state index contributed by atoms with van der Waals surface area (Å²) < 4.78 is 0. The average Bonchev–Trinajstić information content (AvgIpc) is 2.21. The van der Waals surface area contributed by atoms with Crippen molar-refractivity contribution < 1.29 is 9.90 Å². The molecular weight excluding hydrogens is 238 g/mol. The highest BCUT2D eigenvalue weighted by molar-refractivity contribution is 6.30. The van der Waals surface area contributed by atoms with Crippen LogP contribution in [-0.2, 0) is 11.3 Å². The van der Waals surface area contributed by atoms with E-state index < -0.39 is 12.0 Å². The molecule has 0 aliphatic heterocycles. The molecule has 1 N–H and O–H groups in total. The molecule has 3 nitrogen and oxygen atoms in total. The molecule has 94 valence electrons. The third-order valence-electron chi connectivity index (χ3n) is 3.09. The van der Waals surface area contributed by atoms with Gasteiger partial charge in [-0.05, 0) is 56.6 Å². The zero-order valence-corrected chi connectivity index (χ0v) is 11.4. The normalized spacial score (nSPS) is 12.8. The topological polar surface area (TPSA) is 40.5 Å². The van der Waals surface area contributed by atoms with Crippen molar-refractivity contribution in [2.24, 2.45) is 0 Å². The van der Waals surface area contributed by atoms with Gasteiger partial charge in [0.15, 0.2) is 0 Å². The van der Waals surface area contributed by atoms with Gasteiger partial charge in [0.05, 0.1) is 0 Å². The number of rotatable bonds is 4. The minimum absolute atomic E-state index is 0.496. The summed E-state index contributed by atoms with van der Waals surface area (Å²) >= 11 is 5.96. The number of carbonyl (C=O) groups is 1. The smallest absolute Gasteiger partial charge is 0.320 e. The van der Waals surface area contributed by atoms with Crippen LogP contribution >= 0.6 is 11.6 Å². The Morgan fingerprint density at radius 2 is 1.88 bits per heavy atom. The third kappa shape index (κ3) is 3.45. The van der Waals surface area contributed by atoms with Crippen molar-refractivity contribution in [1.82, 2.24) is 4.90 Å². The zero-order chi connectivity index (χ0) is 13.2. The van der Waals surface area contributed by atoms with Crippen LogP contribution in [-0.4, -0.2) is 29.1 Å². The molecule has 0 fully saturated rings. The van der Waals surface area contributed by atoms with E-state index in [-0.39, 0.29) is 0 Å². The Morgan fingerprint density at radius 1 is 1.41 bits per heavy atom. The molecule has 1 atom stereocenters. The lowest BCUT2D eigenvalue weighted by atomic mass is 10.0. The van der Waals surface area contributed by atoms with Gasteiger partial charge in [-0.15, -0.1) is 0 Å². The van der Waals surface area contributed by atoms with Gasteiger partial charge in [-0.25, -0.2) is 0 Å². The number of hydrogen-bond donors (Lipinski definition) is 1. The summed E-state index contributed by atoms with van der Waals surface area (Å²) in [7, 11) is 1.81. The standard InChI is InChI=1S/C13H18ClNO2/c1-8-5-11(14)6-9(2)12(8)7-15(4)10(3)13(16)17/h5-6,10H,7H2,1-4H3,(H,16,17). The van der Waals surface area contributed by atoms with Crippen LogP contribution in [0.15, 0.2) is 12.1 Å². The molecule has 1 rings (SSSR count). The predicted octanol–water partition coefficient (Wildman–Crippen LogP) is 2.86. The first-order valence-electron chi connectivity index (χ1n) is 5.51. The lowest BCUT2D eigenvalue weighted by Gasteiger charge is -2.23. The van der Waals surface area contributed by atoms with Gasteiger partial charge in [0, 0.05) is 11.6 Å². The highest BCUT2D eigenvalue weighted by Crippen LogP contribution is 2.21. The summed E-state index contributed by atoms with van der Waals surface area (Å²) in [5.41, 5.74) is 3.34. The van der Waals surface area contributed by atoms with Crippen LogP contribution in [0.25, 0.3) is 0 Å². The highest BCUT2D eigenvalue weighted by Gasteiger charge is 2.18. The third-order valence-corrected chi connectivity index (χ3v) is 3.31. The summed E-state index contributed by atoms with van der Waals surface area (Å²) in [5, 5.41) is 9.67. The Hall–Kier alpha value is -1.06. The number of aryl methyl sites for hydroxylation is 2. The molecule has 0 radical (unpaired) electrons. The number of halogens is 1. The SMILES string of the molecule is Cc1cc(Cl)cc(C)c1CN(C)C(C)C(=O)O. The molecule has 0 saturated heterocycles. The fraction of sp³-hybridized carbons (Fsp3) is 0.462. The largest absolute Gasteiger partial charge is 0.480 e. The van der Waals surface area contributed by atoms with Crippen molar-refractivity contribution in [3.8, 4) is 0 Å². The molecular formula is C13H18ClNO2. The first-order chi connectivity index (χ1) is 7.82. The number of aliphatic carboxylic acids is 1. The molecule has 0 amide bonds. The number of likely N-dealkylation sites (N-methyl/N-ethyl adjacent to an activating group) is 1. The maximum absolute atomic E-state index is 10.9. The van der Waals surface area contributed by atoms with Crippen molar-refractivity contribution in [3.05, 3.63) is 33.8 Å². The maximum Gasteiger partial charge on any atom is 0.320 e. The minimum Gasteiger partial charge on any atom is -0.480 e. The summed E-state index contributed by atoms with van der Waals surface area (Å²) in [4.78, 5) is 12.7. The van der Waals surface area contributed by atoms with Crippen molar-refractivity contribution in [3.63, 3.8) is 0 Å². The summed E-state index contributed by atoms with van der Waals surface area (Å²) in [5.74, 6) is -0.809. The highest BCUT2D eigenvalue weighted by atomic mass is 35.5. The van der Waals surface area contributed by atoms with Gasteiger partial charge in [-0.3, -0.25) is 9.69 Å². The van der Waals surface area contributed by atoms with Gasteiger partial charge in [0.1, 0.15) is 6.04 Å². The summed E-state index contributed by atoms with van der Waals surface area (Å²) in [6.07, 6.45) is 0. The van der Waals surface area contributed by atoms with E-state index in [1.54, 1.807) is 6.92 Å². The van der Waals surface area contributed by atoms with E-state index in [2.05, 4.69) is 0 Å². The Morgan fingerprint density at radius 3 is 2.29 bits per heavy atom. The molecule has 4 heteroatoms. The van der Waals surface area contributed by atoms with E-state index >= 15 is 0 Å².